The average molecular weight is 332 g/mol. The van der Waals surface area contributed by atoms with Gasteiger partial charge < -0.3 is 35.6 Å². The number of allylic oxidation sites excluding steroid dienone is 1. The lowest BCUT2D eigenvalue weighted by Crippen LogP contribution is -2.47. The molecule has 0 aromatic carbocycles. The highest BCUT2D eigenvalue weighted by Gasteiger charge is 2.38. The number of nitrogens with one attached hydrogen (secondary N) is 1. The van der Waals surface area contributed by atoms with Gasteiger partial charge in [-0.2, -0.15) is 0 Å². The van der Waals surface area contributed by atoms with Gasteiger partial charge in [0.1, 0.15) is 12.6 Å². The summed E-state index contributed by atoms with van der Waals surface area (Å²) < 4.78 is 5.14. The van der Waals surface area contributed by atoms with Crippen LogP contribution in [0.4, 0.5) is 0 Å². The molecule has 2 atom stereocenters. The first-order valence-electron chi connectivity index (χ1n) is 6.72. The molecule has 0 heterocycles. The summed E-state index contributed by atoms with van der Waals surface area (Å²) in [5, 5.41) is 49.0. The molecule has 0 radical (unpaired) electrons. The van der Waals surface area contributed by atoms with Crippen molar-refractivity contribution in [2.75, 3.05) is 26.9 Å². The molecule has 23 heavy (non-hydrogen) atoms. The van der Waals surface area contributed by atoms with E-state index in [1.165, 1.54) is 7.11 Å². The maximum absolute atomic E-state index is 11.0. The van der Waals surface area contributed by atoms with E-state index in [1.54, 1.807) is 0 Å². The van der Waals surface area contributed by atoms with Crippen LogP contribution in [-0.2, 0) is 14.3 Å². The van der Waals surface area contributed by atoms with Crippen LogP contribution in [-0.4, -0.2) is 81.7 Å². The first-order valence-corrected chi connectivity index (χ1v) is 6.72. The Labute approximate surface area is 131 Å². The van der Waals surface area contributed by atoms with Crippen LogP contribution in [0.1, 0.15) is 12.8 Å². The summed E-state index contributed by atoms with van der Waals surface area (Å²) in [5.74, 6) is -2.43. The van der Waals surface area contributed by atoms with E-state index < -0.39 is 43.3 Å². The fourth-order valence-corrected chi connectivity index (χ4v) is 2.19. The van der Waals surface area contributed by atoms with Crippen molar-refractivity contribution in [2.45, 2.75) is 24.5 Å². The summed E-state index contributed by atoms with van der Waals surface area (Å²) in [6, 6.07) is -1.35. The van der Waals surface area contributed by atoms with Gasteiger partial charge in [-0.15, -0.1) is 0 Å². The number of methoxy groups -OCH3 is 1. The number of ether oxygens (including phenoxy) is 1. The molecule has 10 heteroatoms. The summed E-state index contributed by atoms with van der Waals surface area (Å²) in [6.45, 7) is -1.92. The molecule has 0 aliphatic heterocycles. The Morgan fingerprint density at radius 3 is 2.43 bits per heavy atom. The predicted octanol–water partition coefficient (Wildman–Crippen LogP) is -2.08. The lowest BCUT2D eigenvalue weighted by Gasteiger charge is -2.34. The van der Waals surface area contributed by atoms with Gasteiger partial charge in [0.05, 0.1) is 37.3 Å². The van der Waals surface area contributed by atoms with Gasteiger partial charge in [-0.05, 0) is 0 Å². The third-order valence-electron chi connectivity index (χ3n) is 3.27. The predicted molar refractivity (Wildman–Crippen MR) is 76.9 cm³/mol. The Hall–Kier alpha value is -2.17. The first kappa shape index (κ1) is 18.9. The first-order chi connectivity index (χ1) is 10.8. The van der Waals surface area contributed by atoms with Gasteiger partial charge in [-0.3, -0.25) is 9.79 Å². The van der Waals surface area contributed by atoms with Crippen molar-refractivity contribution in [3.05, 3.63) is 11.5 Å². The number of rotatable bonds is 8. The SMILES string of the molecule is COC1=C(NC(CO)C(=O)O)CC(O)(CO)CC1=NCC(=O)O. The molecular formula is C13H20N2O8. The lowest BCUT2D eigenvalue weighted by atomic mass is 9.85. The minimum atomic E-state index is -1.64. The summed E-state index contributed by atoms with van der Waals surface area (Å²) >= 11 is 0. The van der Waals surface area contributed by atoms with E-state index in [9.17, 15) is 19.8 Å². The van der Waals surface area contributed by atoms with Crippen LogP contribution in [0.15, 0.2) is 16.4 Å². The van der Waals surface area contributed by atoms with Gasteiger partial charge in [-0.25, -0.2) is 4.79 Å². The smallest absolute Gasteiger partial charge is 0.328 e. The molecule has 0 spiro atoms. The number of carboxylic acids is 2. The fraction of sp³-hybridized carbons (Fsp3) is 0.615. The second kappa shape index (κ2) is 7.90. The zero-order valence-corrected chi connectivity index (χ0v) is 12.5. The molecule has 130 valence electrons. The van der Waals surface area contributed by atoms with Crippen molar-refractivity contribution in [1.82, 2.24) is 5.32 Å². The van der Waals surface area contributed by atoms with E-state index in [-0.39, 0.29) is 30.0 Å². The molecule has 0 saturated carbocycles. The Kier molecular flexibility index (Phi) is 6.49. The number of hydrogen-bond acceptors (Lipinski definition) is 8. The number of hydrogen-bond donors (Lipinski definition) is 6. The molecule has 10 nitrogen and oxygen atoms in total. The number of aliphatic imine (C=N–C) groups is 1. The second-order valence-corrected chi connectivity index (χ2v) is 5.12. The van der Waals surface area contributed by atoms with Crippen LogP contribution in [0.2, 0.25) is 0 Å². The number of carboxylic acid groups (broad SMARTS) is 2. The number of aliphatic hydroxyl groups is 3. The maximum Gasteiger partial charge on any atom is 0.328 e. The van der Waals surface area contributed by atoms with Gasteiger partial charge in [0.2, 0.25) is 0 Å². The van der Waals surface area contributed by atoms with E-state index >= 15 is 0 Å². The van der Waals surface area contributed by atoms with Gasteiger partial charge in [0.15, 0.2) is 5.76 Å². The van der Waals surface area contributed by atoms with Gasteiger partial charge in [-0.1, -0.05) is 0 Å². The van der Waals surface area contributed by atoms with Crippen LogP contribution in [0.25, 0.3) is 0 Å². The summed E-state index contributed by atoms with van der Waals surface area (Å²) in [4.78, 5) is 25.5. The molecule has 1 rings (SSSR count). The van der Waals surface area contributed by atoms with Gasteiger partial charge >= 0.3 is 11.9 Å². The molecule has 0 saturated heterocycles. The number of nitrogens with zero attached hydrogens (tertiary/aromatic N) is 1. The highest BCUT2D eigenvalue weighted by atomic mass is 16.5. The molecule has 1 aliphatic rings. The topological polar surface area (TPSA) is 169 Å². The highest BCUT2D eigenvalue weighted by molar-refractivity contribution is 6.01. The number of aliphatic hydroxyl groups excluding tert-OH is 2. The van der Waals surface area contributed by atoms with Crippen molar-refractivity contribution in [2.24, 2.45) is 4.99 Å². The van der Waals surface area contributed by atoms with Crippen molar-refractivity contribution >= 4 is 17.7 Å². The quantitative estimate of drug-likeness (QED) is 0.292. The molecule has 6 N–H and O–H groups in total. The number of aliphatic carboxylic acids is 2. The monoisotopic (exact) mass is 332 g/mol. The van der Waals surface area contributed by atoms with Crippen LogP contribution in [0.3, 0.4) is 0 Å². The zero-order valence-electron chi connectivity index (χ0n) is 12.5. The normalized spacial score (nSPS) is 24.4. The minimum absolute atomic E-state index is 0.0854. The minimum Gasteiger partial charge on any atom is -0.493 e. The van der Waals surface area contributed by atoms with Crippen molar-refractivity contribution < 1.29 is 39.9 Å². The molecule has 2 unspecified atom stereocenters. The Morgan fingerprint density at radius 1 is 1.35 bits per heavy atom. The Bertz CT molecular complexity index is 530. The molecule has 0 aromatic rings. The standard InChI is InChI=1S/C13H20N2O8/c1-23-11-7(14-4-10(18)19)2-13(22,6-17)3-8(11)15-9(5-16)12(20)21/h9,15-17,22H,2-6H2,1H3,(H,18,19)(H,20,21). The third-order valence-corrected chi connectivity index (χ3v) is 3.27. The van der Waals surface area contributed by atoms with E-state index in [0.29, 0.717) is 0 Å². The van der Waals surface area contributed by atoms with Gasteiger partial charge in [0.25, 0.3) is 0 Å². The third kappa shape index (κ3) is 4.91. The van der Waals surface area contributed by atoms with E-state index in [1.807, 2.05) is 0 Å². The molecule has 0 fully saturated rings. The molecular weight excluding hydrogens is 312 g/mol. The van der Waals surface area contributed by atoms with Crippen molar-refractivity contribution in [1.29, 1.82) is 0 Å². The average Bonchev–Trinajstić information content (AvgIpc) is 2.49. The second-order valence-electron chi connectivity index (χ2n) is 5.12. The molecule has 0 aromatic heterocycles. The van der Waals surface area contributed by atoms with Crippen LogP contribution >= 0.6 is 0 Å². The van der Waals surface area contributed by atoms with Crippen molar-refractivity contribution in [3.8, 4) is 0 Å². The fourth-order valence-electron chi connectivity index (χ4n) is 2.19. The Balaban J connectivity index is 3.24. The van der Waals surface area contributed by atoms with E-state index in [0.717, 1.165) is 0 Å². The number of carbonyl (C=O) groups is 2. The van der Waals surface area contributed by atoms with Crippen LogP contribution < -0.4 is 5.32 Å². The largest absolute Gasteiger partial charge is 0.493 e. The Morgan fingerprint density at radius 2 is 2.00 bits per heavy atom. The highest BCUT2D eigenvalue weighted by Crippen LogP contribution is 2.30. The zero-order chi connectivity index (χ0) is 17.6. The van der Waals surface area contributed by atoms with E-state index in [4.69, 9.17) is 20.1 Å². The molecule has 1 aliphatic carbocycles. The van der Waals surface area contributed by atoms with Crippen molar-refractivity contribution in [3.63, 3.8) is 0 Å². The molecule has 0 bridgehead atoms. The summed E-state index contributed by atoms with van der Waals surface area (Å²) in [7, 11) is 1.28. The lowest BCUT2D eigenvalue weighted by molar-refractivity contribution is -0.140. The molecule has 0 amide bonds. The maximum atomic E-state index is 11.0. The summed E-state index contributed by atoms with van der Waals surface area (Å²) in [5.41, 5.74) is -1.44. The van der Waals surface area contributed by atoms with Crippen LogP contribution in [0.5, 0.6) is 0 Å². The van der Waals surface area contributed by atoms with Crippen LogP contribution in [0, 0.1) is 0 Å². The van der Waals surface area contributed by atoms with E-state index in [2.05, 4.69) is 10.3 Å². The summed E-state index contributed by atoms with van der Waals surface area (Å²) in [6.07, 6.45) is -0.315. The van der Waals surface area contributed by atoms with Gasteiger partial charge in [0, 0.05) is 12.8 Å².